The Kier molecular flexibility index (Phi) is 4.86. The SMILES string of the molecule is O=C(C[NH+]1CCN(c2ccc3c(c2)OCO3)CC1)Nc1ccc(Cl)cc1. The average molecular weight is 375 g/mol. The van der Waals surface area contributed by atoms with Crippen molar-refractivity contribution in [1.29, 1.82) is 0 Å². The molecule has 136 valence electrons. The normalized spacial score (nSPS) is 16.6. The summed E-state index contributed by atoms with van der Waals surface area (Å²) >= 11 is 5.86. The quantitative estimate of drug-likeness (QED) is 0.849. The van der Waals surface area contributed by atoms with E-state index in [1.807, 2.05) is 24.3 Å². The van der Waals surface area contributed by atoms with Gasteiger partial charge in [0.2, 0.25) is 6.79 Å². The highest BCUT2D eigenvalue weighted by atomic mass is 35.5. The van der Waals surface area contributed by atoms with Gasteiger partial charge in [0.15, 0.2) is 18.0 Å². The number of anilines is 2. The van der Waals surface area contributed by atoms with Crippen molar-refractivity contribution in [3.05, 3.63) is 47.5 Å². The molecule has 0 saturated carbocycles. The number of nitrogens with zero attached hydrogens (tertiary/aromatic N) is 1. The number of quaternary nitrogens is 1. The van der Waals surface area contributed by atoms with Crippen LogP contribution in [-0.4, -0.2) is 45.4 Å². The van der Waals surface area contributed by atoms with Crippen LogP contribution in [0.5, 0.6) is 11.5 Å². The molecule has 2 aliphatic rings. The number of amides is 1. The van der Waals surface area contributed by atoms with Crippen molar-refractivity contribution in [2.75, 3.05) is 49.7 Å². The number of ether oxygens (including phenoxy) is 2. The Hall–Kier alpha value is -2.44. The first-order valence-corrected chi connectivity index (χ1v) is 9.09. The van der Waals surface area contributed by atoms with Gasteiger partial charge < -0.3 is 24.6 Å². The van der Waals surface area contributed by atoms with Crippen LogP contribution < -0.4 is 24.6 Å². The Morgan fingerprint density at radius 3 is 2.58 bits per heavy atom. The van der Waals surface area contributed by atoms with Crippen molar-refractivity contribution < 1.29 is 19.2 Å². The molecule has 7 heteroatoms. The number of halogens is 1. The molecular formula is C19H21ClN3O3+. The van der Waals surface area contributed by atoms with E-state index in [1.165, 1.54) is 4.90 Å². The fourth-order valence-corrected chi connectivity index (χ4v) is 3.43. The van der Waals surface area contributed by atoms with Gasteiger partial charge in [0.1, 0.15) is 0 Å². The van der Waals surface area contributed by atoms with Crippen molar-refractivity contribution in [3.63, 3.8) is 0 Å². The van der Waals surface area contributed by atoms with E-state index in [9.17, 15) is 4.79 Å². The molecule has 0 atom stereocenters. The zero-order valence-corrected chi connectivity index (χ0v) is 15.1. The lowest BCUT2D eigenvalue weighted by atomic mass is 10.2. The number of carbonyl (C=O) groups excluding carboxylic acids is 1. The molecule has 1 fully saturated rings. The number of piperazine rings is 1. The highest BCUT2D eigenvalue weighted by Crippen LogP contribution is 2.35. The van der Waals surface area contributed by atoms with Gasteiger partial charge in [-0.1, -0.05) is 11.6 Å². The number of carbonyl (C=O) groups is 1. The number of benzene rings is 2. The summed E-state index contributed by atoms with van der Waals surface area (Å²) in [7, 11) is 0. The van der Waals surface area contributed by atoms with Crippen LogP contribution in [0.1, 0.15) is 0 Å². The third kappa shape index (κ3) is 3.86. The van der Waals surface area contributed by atoms with E-state index in [0.717, 1.165) is 49.1 Å². The fourth-order valence-electron chi connectivity index (χ4n) is 3.31. The van der Waals surface area contributed by atoms with E-state index in [2.05, 4.69) is 16.3 Å². The molecule has 1 amide bonds. The van der Waals surface area contributed by atoms with Crippen molar-refractivity contribution in [2.45, 2.75) is 0 Å². The molecule has 6 nitrogen and oxygen atoms in total. The van der Waals surface area contributed by atoms with Crippen molar-refractivity contribution in [2.24, 2.45) is 0 Å². The van der Waals surface area contributed by atoms with Gasteiger partial charge in [0, 0.05) is 22.5 Å². The van der Waals surface area contributed by atoms with Crippen LogP contribution in [0.4, 0.5) is 11.4 Å². The van der Waals surface area contributed by atoms with Crippen molar-refractivity contribution in [3.8, 4) is 11.5 Å². The highest BCUT2D eigenvalue weighted by Gasteiger charge is 2.24. The van der Waals surface area contributed by atoms with E-state index in [4.69, 9.17) is 21.1 Å². The summed E-state index contributed by atoms with van der Waals surface area (Å²) in [5, 5.41) is 3.59. The lowest BCUT2D eigenvalue weighted by Crippen LogP contribution is -3.15. The van der Waals surface area contributed by atoms with Gasteiger partial charge in [0.05, 0.1) is 26.2 Å². The van der Waals surface area contributed by atoms with Gasteiger partial charge in [-0.05, 0) is 36.4 Å². The molecule has 2 N–H and O–H groups in total. The van der Waals surface area contributed by atoms with Crippen LogP contribution in [0.2, 0.25) is 5.02 Å². The Balaban J connectivity index is 1.28. The molecule has 4 rings (SSSR count). The molecule has 26 heavy (non-hydrogen) atoms. The Morgan fingerprint density at radius 2 is 1.81 bits per heavy atom. The summed E-state index contributed by atoms with van der Waals surface area (Å²) in [5.41, 5.74) is 1.91. The van der Waals surface area contributed by atoms with Crippen molar-refractivity contribution in [1.82, 2.24) is 0 Å². The summed E-state index contributed by atoms with van der Waals surface area (Å²) in [5.74, 6) is 1.63. The average Bonchev–Trinajstić information content (AvgIpc) is 3.12. The third-order valence-corrected chi connectivity index (χ3v) is 4.98. The van der Waals surface area contributed by atoms with E-state index in [0.29, 0.717) is 18.4 Å². The van der Waals surface area contributed by atoms with E-state index in [1.54, 1.807) is 12.1 Å². The van der Waals surface area contributed by atoms with Crippen LogP contribution in [-0.2, 0) is 4.79 Å². The summed E-state index contributed by atoms with van der Waals surface area (Å²) in [6, 6.07) is 13.2. The van der Waals surface area contributed by atoms with Gasteiger partial charge in [-0.2, -0.15) is 0 Å². The largest absolute Gasteiger partial charge is 0.454 e. The van der Waals surface area contributed by atoms with Gasteiger partial charge in [0.25, 0.3) is 5.91 Å². The summed E-state index contributed by atoms with van der Waals surface area (Å²) < 4.78 is 10.8. The summed E-state index contributed by atoms with van der Waals surface area (Å²) in [6.45, 7) is 4.41. The first kappa shape index (κ1) is 17.0. The van der Waals surface area contributed by atoms with Gasteiger partial charge in [-0.25, -0.2) is 0 Å². The standard InChI is InChI=1S/C19H20ClN3O3/c20-14-1-3-15(4-2-14)21-19(24)12-22-7-9-23(10-8-22)16-5-6-17-18(11-16)26-13-25-17/h1-6,11H,7-10,12-13H2,(H,21,24)/p+1. The molecule has 0 unspecified atom stereocenters. The van der Waals surface area contributed by atoms with Crippen LogP contribution in [0, 0.1) is 0 Å². The van der Waals surface area contributed by atoms with Crippen LogP contribution in [0.15, 0.2) is 42.5 Å². The Morgan fingerprint density at radius 1 is 1.08 bits per heavy atom. The maximum atomic E-state index is 12.2. The lowest BCUT2D eigenvalue weighted by Gasteiger charge is -2.33. The highest BCUT2D eigenvalue weighted by molar-refractivity contribution is 6.30. The van der Waals surface area contributed by atoms with Gasteiger partial charge in [-0.3, -0.25) is 4.79 Å². The number of rotatable bonds is 4. The van der Waals surface area contributed by atoms with Gasteiger partial charge >= 0.3 is 0 Å². The molecule has 2 heterocycles. The smallest absolute Gasteiger partial charge is 0.279 e. The Labute approximate surface area is 157 Å². The molecule has 2 aromatic rings. The van der Waals surface area contributed by atoms with E-state index >= 15 is 0 Å². The zero-order chi connectivity index (χ0) is 17.9. The molecular weight excluding hydrogens is 354 g/mol. The molecule has 0 spiro atoms. The molecule has 0 bridgehead atoms. The molecule has 0 aromatic heterocycles. The fraction of sp³-hybridized carbons (Fsp3) is 0.316. The molecule has 0 radical (unpaired) electrons. The maximum Gasteiger partial charge on any atom is 0.279 e. The monoisotopic (exact) mass is 374 g/mol. The molecule has 2 aromatic carbocycles. The van der Waals surface area contributed by atoms with Crippen LogP contribution in [0.3, 0.4) is 0 Å². The Bertz CT molecular complexity index is 789. The molecule has 2 aliphatic heterocycles. The predicted molar refractivity (Wildman–Crippen MR) is 100 cm³/mol. The third-order valence-electron chi connectivity index (χ3n) is 4.73. The minimum absolute atomic E-state index is 0.0267. The maximum absolute atomic E-state index is 12.2. The number of hydrogen-bond acceptors (Lipinski definition) is 4. The first-order valence-electron chi connectivity index (χ1n) is 8.71. The van der Waals surface area contributed by atoms with E-state index in [-0.39, 0.29) is 5.91 Å². The number of fused-ring (bicyclic) bond motifs is 1. The number of hydrogen-bond donors (Lipinski definition) is 2. The number of nitrogens with one attached hydrogen (secondary N) is 2. The van der Waals surface area contributed by atoms with Gasteiger partial charge in [-0.15, -0.1) is 0 Å². The molecule has 1 saturated heterocycles. The second-order valence-electron chi connectivity index (χ2n) is 6.51. The minimum atomic E-state index is 0.0267. The second kappa shape index (κ2) is 7.43. The molecule has 0 aliphatic carbocycles. The lowest BCUT2D eigenvalue weighted by molar-refractivity contribution is -0.892. The topological polar surface area (TPSA) is 55.2 Å². The predicted octanol–water partition coefficient (Wildman–Crippen LogP) is 1.41. The van der Waals surface area contributed by atoms with Crippen LogP contribution >= 0.6 is 11.6 Å². The minimum Gasteiger partial charge on any atom is -0.454 e. The van der Waals surface area contributed by atoms with Crippen molar-refractivity contribution >= 4 is 28.9 Å². The second-order valence-corrected chi connectivity index (χ2v) is 6.94. The summed E-state index contributed by atoms with van der Waals surface area (Å²) in [4.78, 5) is 15.8. The summed E-state index contributed by atoms with van der Waals surface area (Å²) in [6.07, 6.45) is 0. The first-order chi connectivity index (χ1) is 12.7. The zero-order valence-electron chi connectivity index (χ0n) is 14.3. The van der Waals surface area contributed by atoms with Crippen LogP contribution in [0.25, 0.3) is 0 Å². The van der Waals surface area contributed by atoms with E-state index < -0.39 is 0 Å².